The smallest absolute Gasteiger partial charge is 0.307 e. The molecule has 1 aliphatic rings. The highest BCUT2D eigenvalue weighted by atomic mass is 16.5. The third kappa shape index (κ3) is 2.94. The van der Waals surface area contributed by atoms with Crippen molar-refractivity contribution in [3.05, 3.63) is 11.9 Å². The molecule has 0 saturated heterocycles. The van der Waals surface area contributed by atoms with Crippen molar-refractivity contribution in [3.63, 3.8) is 0 Å². The third-order valence-corrected chi connectivity index (χ3v) is 3.53. The van der Waals surface area contributed by atoms with Crippen LogP contribution in [-0.2, 0) is 4.79 Å². The van der Waals surface area contributed by atoms with E-state index in [0.717, 1.165) is 19.3 Å². The first-order valence-corrected chi connectivity index (χ1v) is 6.35. The molecule has 0 radical (unpaired) electrons. The molecule has 2 atom stereocenters. The van der Waals surface area contributed by atoms with Crippen LogP contribution in [0.4, 0.5) is 0 Å². The van der Waals surface area contributed by atoms with Gasteiger partial charge in [0.2, 0.25) is 11.8 Å². The topological polar surface area (TPSA) is 81.5 Å². The summed E-state index contributed by atoms with van der Waals surface area (Å²) in [6.45, 7) is 0. The van der Waals surface area contributed by atoms with Crippen molar-refractivity contribution in [1.29, 1.82) is 0 Å². The van der Waals surface area contributed by atoms with Crippen LogP contribution >= 0.6 is 0 Å². The summed E-state index contributed by atoms with van der Waals surface area (Å²) < 4.78 is 10.2. The van der Waals surface area contributed by atoms with Crippen molar-refractivity contribution in [2.45, 2.75) is 31.6 Å². The number of carbonyl (C=O) groups is 1. The first kappa shape index (κ1) is 13.6. The Hall–Kier alpha value is -1.85. The van der Waals surface area contributed by atoms with Gasteiger partial charge in [0, 0.05) is 5.92 Å². The number of nitrogens with zero attached hydrogens (tertiary/aromatic N) is 2. The Morgan fingerprint density at radius 2 is 1.79 bits per heavy atom. The van der Waals surface area contributed by atoms with Gasteiger partial charge in [0.25, 0.3) is 0 Å². The van der Waals surface area contributed by atoms with Crippen LogP contribution < -0.4 is 9.47 Å². The quantitative estimate of drug-likeness (QED) is 0.895. The van der Waals surface area contributed by atoms with Gasteiger partial charge >= 0.3 is 5.97 Å². The lowest BCUT2D eigenvalue weighted by molar-refractivity contribution is -0.143. The number of aliphatic carboxylic acids is 1. The molecule has 19 heavy (non-hydrogen) atoms. The zero-order valence-electron chi connectivity index (χ0n) is 11.1. The van der Waals surface area contributed by atoms with Crippen LogP contribution in [0.5, 0.6) is 11.8 Å². The summed E-state index contributed by atoms with van der Waals surface area (Å²) in [4.78, 5) is 19.9. The largest absolute Gasteiger partial charge is 0.481 e. The number of aromatic nitrogens is 2. The number of carboxylic acid groups (broad SMARTS) is 1. The molecule has 0 aromatic carbocycles. The van der Waals surface area contributed by atoms with Crippen LogP contribution in [0.2, 0.25) is 0 Å². The van der Waals surface area contributed by atoms with Gasteiger partial charge in [0.05, 0.1) is 26.2 Å². The normalized spacial score (nSPS) is 22.8. The molecule has 6 nitrogen and oxygen atoms in total. The molecule has 6 heteroatoms. The molecule has 1 aliphatic carbocycles. The van der Waals surface area contributed by atoms with Crippen LogP contribution in [0, 0.1) is 5.92 Å². The molecule has 1 saturated carbocycles. The van der Waals surface area contributed by atoms with Gasteiger partial charge in [0.15, 0.2) is 0 Å². The Balaban J connectivity index is 2.35. The SMILES string of the molecule is COc1cc(OC)nc([C@H]2CCCC[C@H]2C(=O)O)n1. The Morgan fingerprint density at radius 1 is 1.21 bits per heavy atom. The summed E-state index contributed by atoms with van der Waals surface area (Å²) in [5, 5.41) is 9.30. The van der Waals surface area contributed by atoms with Gasteiger partial charge in [-0.3, -0.25) is 4.79 Å². The Kier molecular flexibility index (Phi) is 4.19. The van der Waals surface area contributed by atoms with Crippen molar-refractivity contribution >= 4 is 5.97 Å². The van der Waals surface area contributed by atoms with Crippen LogP contribution in [0.25, 0.3) is 0 Å². The van der Waals surface area contributed by atoms with Gasteiger partial charge < -0.3 is 14.6 Å². The molecular weight excluding hydrogens is 248 g/mol. The van der Waals surface area contributed by atoms with E-state index in [1.54, 1.807) is 6.07 Å². The second-order valence-electron chi connectivity index (χ2n) is 4.65. The maximum atomic E-state index is 11.3. The monoisotopic (exact) mass is 266 g/mol. The molecule has 1 fully saturated rings. The van der Waals surface area contributed by atoms with E-state index in [-0.39, 0.29) is 5.92 Å². The van der Waals surface area contributed by atoms with Gasteiger partial charge in [-0.2, -0.15) is 9.97 Å². The standard InChI is InChI=1S/C13H18N2O4/c1-18-10-7-11(19-2)15-12(14-10)8-5-3-4-6-9(8)13(16)17/h7-9H,3-6H2,1-2H3,(H,16,17)/t8-,9+/m0/s1. The van der Waals surface area contributed by atoms with E-state index >= 15 is 0 Å². The molecule has 0 spiro atoms. The minimum Gasteiger partial charge on any atom is -0.481 e. The minimum absolute atomic E-state index is 0.171. The van der Waals surface area contributed by atoms with Crippen LogP contribution in [0.3, 0.4) is 0 Å². The van der Waals surface area contributed by atoms with E-state index in [9.17, 15) is 9.90 Å². The average Bonchev–Trinajstić information content (AvgIpc) is 2.46. The molecule has 0 aliphatic heterocycles. The van der Waals surface area contributed by atoms with Gasteiger partial charge in [-0.15, -0.1) is 0 Å². The summed E-state index contributed by atoms with van der Waals surface area (Å²) in [6, 6.07) is 1.59. The van der Waals surface area contributed by atoms with Crippen LogP contribution in [0.1, 0.15) is 37.4 Å². The lowest BCUT2D eigenvalue weighted by Crippen LogP contribution is -2.27. The van der Waals surface area contributed by atoms with Gasteiger partial charge in [-0.1, -0.05) is 12.8 Å². The number of ether oxygens (including phenoxy) is 2. The summed E-state index contributed by atoms with van der Waals surface area (Å²) in [5.41, 5.74) is 0. The number of hydrogen-bond donors (Lipinski definition) is 1. The van der Waals surface area contributed by atoms with Crippen molar-refractivity contribution < 1.29 is 19.4 Å². The van der Waals surface area contributed by atoms with Crippen LogP contribution in [0.15, 0.2) is 6.07 Å². The van der Waals surface area contributed by atoms with Crippen molar-refractivity contribution in [2.24, 2.45) is 5.92 Å². The Morgan fingerprint density at radius 3 is 2.32 bits per heavy atom. The zero-order chi connectivity index (χ0) is 13.8. The highest BCUT2D eigenvalue weighted by molar-refractivity contribution is 5.71. The maximum absolute atomic E-state index is 11.3. The summed E-state index contributed by atoms with van der Waals surface area (Å²) in [5.74, 6) is -0.0766. The molecule has 0 bridgehead atoms. The lowest BCUT2D eigenvalue weighted by Gasteiger charge is -2.27. The fraction of sp³-hybridized carbons (Fsp3) is 0.615. The summed E-state index contributed by atoms with van der Waals surface area (Å²) in [7, 11) is 3.03. The Labute approximate surface area is 111 Å². The average molecular weight is 266 g/mol. The molecule has 0 amide bonds. The predicted molar refractivity (Wildman–Crippen MR) is 67.5 cm³/mol. The molecular formula is C13H18N2O4. The molecule has 2 rings (SSSR count). The van der Waals surface area contributed by atoms with Gasteiger partial charge in [-0.25, -0.2) is 0 Å². The Bertz CT molecular complexity index is 442. The molecule has 1 N–H and O–H groups in total. The van der Waals surface area contributed by atoms with Gasteiger partial charge in [0.1, 0.15) is 5.82 Å². The first-order valence-electron chi connectivity index (χ1n) is 6.35. The van der Waals surface area contributed by atoms with E-state index < -0.39 is 11.9 Å². The lowest BCUT2D eigenvalue weighted by atomic mass is 9.79. The third-order valence-electron chi connectivity index (χ3n) is 3.53. The van der Waals surface area contributed by atoms with E-state index in [0.29, 0.717) is 24.0 Å². The fourth-order valence-electron chi connectivity index (χ4n) is 2.53. The van der Waals surface area contributed by atoms with Gasteiger partial charge in [-0.05, 0) is 12.8 Å². The number of carboxylic acids is 1. The summed E-state index contributed by atoms with van der Waals surface area (Å²) in [6.07, 6.45) is 3.39. The molecule has 0 unspecified atom stereocenters. The molecule has 1 aromatic heterocycles. The number of rotatable bonds is 4. The van der Waals surface area contributed by atoms with E-state index in [1.165, 1.54) is 14.2 Å². The second-order valence-corrected chi connectivity index (χ2v) is 4.65. The first-order chi connectivity index (χ1) is 9.15. The molecule has 1 aromatic rings. The van der Waals surface area contributed by atoms with E-state index in [2.05, 4.69) is 9.97 Å². The minimum atomic E-state index is -0.782. The highest BCUT2D eigenvalue weighted by Crippen LogP contribution is 2.37. The highest BCUT2D eigenvalue weighted by Gasteiger charge is 2.34. The van der Waals surface area contributed by atoms with Crippen molar-refractivity contribution in [3.8, 4) is 11.8 Å². The van der Waals surface area contributed by atoms with E-state index in [1.807, 2.05) is 0 Å². The summed E-state index contributed by atoms with van der Waals surface area (Å²) >= 11 is 0. The molecule has 104 valence electrons. The van der Waals surface area contributed by atoms with Crippen molar-refractivity contribution in [1.82, 2.24) is 9.97 Å². The number of methoxy groups -OCH3 is 2. The number of hydrogen-bond acceptors (Lipinski definition) is 5. The van der Waals surface area contributed by atoms with Crippen LogP contribution in [-0.4, -0.2) is 35.3 Å². The molecule has 1 heterocycles. The fourth-order valence-corrected chi connectivity index (χ4v) is 2.53. The second kappa shape index (κ2) is 5.86. The van der Waals surface area contributed by atoms with Crippen molar-refractivity contribution in [2.75, 3.05) is 14.2 Å². The zero-order valence-corrected chi connectivity index (χ0v) is 11.1. The van der Waals surface area contributed by atoms with E-state index in [4.69, 9.17) is 9.47 Å². The maximum Gasteiger partial charge on any atom is 0.307 e. The predicted octanol–water partition coefficient (Wildman–Crippen LogP) is 1.85.